The first-order valence-electron chi connectivity index (χ1n) is 4.15. The molecule has 0 saturated heterocycles. The maximum absolute atomic E-state index is 10.2. The van der Waals surface area contributed by atoms with Gasteiger partial charge in [0.15, 0.2) is 0 Å². The third-order valence-corrected chi connectivity index (χ3v) is 4.10. The van der Waals surface area contributed by atoms with Crippen molar-refractivity contribution in [3.63, 3.8) is 0 Å². The molecule has 6 nitrogen and oxygen atoms in total. The van der Waals surface area contributed by atoms with Gasteiger partial charge in [-0.1, -0.05) is 0 Å². The summed E-state index contributed by atoms with van der Waals surface area (Å²) in [5, 5.41) is 0. The molecular formula is C6H12Na2O6S3. The van der Waals surface area contributed by atoms with Crippen LogP contribution in [-0.4, -0.2) is 49.0 Å². The molecular weight excluding hydrogens is 310 g/mol. The minimum atomic E-state index is -4.15. The first kappa shape index (κ1) is 24.2. The molecule has 0 amide bonds. The van der Waals surface area contributed by atoms with Crippen LogP contribution in [0.4, 0.5) is 0 Å². The summed E-state index contributed by atoms with van der Waals surface area (Å²) in [5.74, 6) is 0.139. The molecule has 0 aromatic carbocycles. The van der Waals surface area contributed by atoms with Crippen LogP contribution in [0.1, 0.15) is 12.8 Å². The molecule has 92 valence electrons. The third-order valence-electron chi connectivity index (χ3n) is 1.37. The summed E-state index contributed by atoms with van der Waals surface area (Å²) in [4.78, 5) is 0. The Bertz CT molecular complexity index is 329. The Kier molecular flexibility index (Phi) is 17.0. The monoisotopic (exact) mass is 322 g/mol. The molecule has 0 radical (unpaired) electrons. The van der Waals surface area contributed by atoms with Crippen LogP contribution in [0.5, 0.6) is 0 Å². The second kappa shape index (κ2) is 12.0. The van der Waals surface area contributed by atoms with Crippen LogP contribution in [-0.2, 0) is 20.2 Å². The predicted molar refractivity (Wildman–Crippen MR) is 55.7 cm³/mol. The minimum absolute atomic E-state index is 0. The largest absolute Gasteiger partial charge is 1.00 e. The number of hydrogen-bond acceptors (Lipinski definition) is 7. The molecule has 11 heteroatoms. The van der Waals surface area contributed by atoms with E-state index in [4.69, 9.17) is 0 Å². The van der Waals surface area contributed by atoms with Crippen molar-refractivity contribution in [2.75, 3.05) is 23.0 Å². The SMILES string of the molecule is O=S(=O)([O-])CCCSCCCS(=O)(=O)[O-].[Na+].[Na+]. The molecule has 0 spiro atoms. The molecule has 0 fully saturated rings. The third kappa shape index (κ3) is 23.7. The van der Waals surface area contributed by atoms with E-state index in [2.05, 4.69) is 0 Å². The fraction of sp³-hybridized carbons (Fsp3) is 1.00. The van der Waals surface area contributed by atoms with Crippen LogP contribution in [0.2, 0.25) is 0 Å². The minimum Gasteiger partial charge on any atom is -0.748 e. The maximum Gasteiger partial charge on any atom is 1.00 e. The fourth-order valence-electron chi connectivity index (χ4n) is 0.778. The molecule has 0 saturated carbocycles. The Morgan fingerprint density at radius 3 is 1.29 bits per heavy atom. The van der Waals surface area contributed by atoms with E-state index in [1.54, 1.807) is 0 Å². The Hall–Kier alpha value is 2.17. The molecule has 0 bridgehead atoms. The van der Waals surface area contributed by atoms with Gasteiger partial charge >= 0.3 is 59.1 Å². The molecule has 0 atom stereocenters. The van der Waals surface area contributed by atoms with Crippen LogP contribution in [0.25, 0.3) is 0 Å². The van der Waals surface area contributed by atoms with E-state index in [9.17, 15) is 25.9 Å². The summed E-state index contributed by atoms with van der Waals surface area (Å²) in [6, 6.07) is 0. The van der Waals surface area contributed by atoms with Crippen LogP contribution < -0.4 is 59.1 Å². The van der Waals surface area contributed by atoms with Gasteiger partial charge in [-0.25, -0.2) is 16.8 Å². The number of thioether (sulfide) groups is 1. The van der Waals surface area contributed by atoms with E-state index < -0.39 is 31.7 Å². The molecule has 0 rings (SSSR count). The van der Waals surface area contributed by atoms with Crippen molar-refractivity contribution < 1.29 is 85.1 Å². The standard InChI is InChI=1S/C6H14O6S3.2Na/c7-14(8,9)5-1-3-13-4-2-6-15(10,11)12;;/h1-6H2,(H,7,8,9)(H,10,11,12);;/q;2*+1/p-2. The molecule has 0 heterocycles. The molecule has 0 unspecified atom stereocenters. The van der Waals surface area contributed by atoms with Crippen molar-refractivity contribution >= 4 is 32.0 Å². The van der Waals surface area contributed by atoms with Crippen LogP contribution in [0, 0.1) is 0 Å². The van der Waals surface area contributed by atoms with E-state index in [1.165, 1.54) is 11.8 Å². The van der Waals surface area contributed by atoms with Gasteiger partial charge in [0.1, 0.15) is 0 Å². The van der Waals surface area contributed by atoms with Crippen molar-refractivity contribution in [2.24, 2.45) is 0 Å². The second-order valence-electron chi connectivity index (χ2n) is 2.84. The van der Waals surface area contributed by atoms with Gasteiger partial charge in [-0.3, -0.25) is 0 Å². The summed E-state index contributed by atoms with van der Waals surface area (Å²) in [6.45, 7) is 0. The second-order valence-corrected chi connectivity index (χ2v) is 7.12. The first-order chi connectivity index (χ1) is 6.71. The van der Waals surface area contributed by atoms with Gasteiger partial charge in [0.25, 0.3) is 0 Å². The van der Waals surface area contributed by atoms with Crippen LogP contribution >= 0.6 is 11.8 Å². The van der Waals surface area contributed by atoms with E-state index >= 15 is 0 Å². The Labute approximate surface area is 151 Å². The topological polar surface area (TPSA) is 114 Å². The zero-order chi connectivity index (χ0) is 11.9. The van der Waals surface area contributed by atoms with Gasteiger partial charge in [-0.05, 0) is 24.3 Å². The summed E-state index contributed by atoms with van der Waals surface area (Å²) >= 11 is 1.33. The molecule has 0 aliphatic rings. The number of rotatable bonds is 8. The number of hydrogen-bond donors (Lipinski definition) is 0. The molecule has 0 aliphatic heterocycles. The molecule has 0 aromatic rings. The zero-order valence-electron chi connectivity index (χ0n) is 9.92. The van der Waals surface area contributed by atoms with Gasteiger partial charge in [0.2, 0.25) is 0 Å². The Morgan fingerprint density at radius 1 is 0.765 bits per heavy atom. The smallest absolute Gasteiger partial charge is 0.748 e. The van der Waals surface area contributed by atoms with E-state index in [0.29, 0.717) is 11.5 Å². The first-order valence-corrected chi connectivity index (χ1v) is 8.46. The van der Waals surface area contributed by atoms with E-state index in [0.717, 1.165) is 0 Å². The van der Waals surface area contributed by atoms with Gasteiger partial charge in [-0.15, -0.1) is 0 Å². The summed E-state index contributed by atoms with van der Waals surface area (Å²) in [6.07, 6.45) is 0.501. The van der Waals surface area contributed by atoms with Crippen LogP contribution in [0.15, 0.2) is 0 Å². The molecule has 0 aromatic heterocycles. The molecule has 0 aliphatic carbocycles. The molecule has 0 N–H and O–H groups in total. The summed E-state index contributed by atoms with van der Waals surface area (Å²) < 4.78 is 61.0. The summed E-state index contributed by atoms with van der Waals surface area (Å²) in [7, 11) is -8.30. The van der Waals surface area contributed by atoms with Crippen molar-refractivity contribution in [1.82, 2.24) is 0 Å². The van der Waals surface area contributed by atoms with Crippen molar-refractivity contribution in [1.29, 1.82) is 0 Å². The van der Waals surface area contributed by atoms with E-state index in [1.807, 2.05) is 0 Å². The van der Waals surface area contributed by atoms with Gasteiger partial charge < -0.3 is 9.11 Å². The fourth-order valence-corrected chi connectivity index (χ4v) is 3.04. The van der Waals surface area contributed by atoms with E-state index in [-0.39, 0.29) is 72.0 Å². The van der Waals surface area contributed by atoms with Crippen molar-refractivity contribution in [3.8, 4) is 0 Å². The maximum atomic E-state index is 10.2. The van der Waals surface area contributed by atoms with Gasteiger partial charge in [0.05, 0.1) is 20.2 Å². The average Bonchev–Trinajstić information content (AvgIpc) is 1.98. The zero-order valence-corrected chi connectivity index (χ0v) is 16.4. The van der Waals surface area contributed by atoms with Crippen LogP contribution in [0.3, 0.4) is 0 Å². The predicted octanol–water partition coefficient (Wildman–Crippen LogP) is -6.40. The normalized spacial score (nSPS) is 11.4. The average molecular weight is 322 g/mol. The quantitative estimate of drug-likeness (QED) is 0.248. The van der Waals surface area contributed by atoms with Gasteiger partial charge in [-0.2, -0.15) is 11.8 Å². The van der Waals surface area contributed by atoms with Gasteiger partial charge in [0, 0.05) is 11.5 Å². The molecule has 17 heavy (non-hydrogen) atoms. The Morgan fingerprint density at radius 2 is 1.06 bits per heavy atom. The van der Waals surface area contributed by atoms with Crippen molar-refractivity contribution in [2.45, 2.75) is 12.8 Å². The Balaban J connectivity index is -0.000000980. The summed E-state index contributed by atoms with van der Waals surface area (Å²) in [5.41, 5.74) is 0. The van der Waals surface area contributed by atoms with Crippen molar-refractivity contribution in [3.05, 3.63) is 0 Å².